The van der Waals surface area contributed by atoms with Crippen molar-refractivity contribution in [3.8, 4) is 23.3 Å². The van der Waals surface area contributed by atoms with Crippen LogP contribution in [-0.4, -0.2) is 37.4 Å². The number of carbonyl (C=O) groups excluding carboxylic acids is 1. The normalized spacial score (nSPS) is 10.8. The van der Waals surface area contributed by atoms with Gasteiger partial charge in [0.05, 0.1) is 6.21 Å². The van der Waals surface area contributed by atoms with E-state index in [-0.39, 0.29) is 19.0 Å². The zero-order valence-electron chi connectivity index (χ0n) is 21.8. The summed E-state index contributed by atoms with van der Waals surface area (Å²) in [6.07, 6.45) is 1.46. The summed E-state index contributed by atoms with van der Waals surface area (Å²) in [6, 6.07) is 22.7. The molecule has 4 rings (SSSR count). The van der Waals surface area contributed by atoms with Gasteiger partial charge < -0.3 is 23.4 Å². The van der Waals surface area contributed by atoms with Crippen LogP contribution in [0.2, 0.25) is 0 Å². The van der Waals surface area contributed by atoms with Gasteiger partial charge in [-0.25, -0.2) is 5.43 Å². The Morgan fingerprint density at radius 1 is 1.05 bits per heavy atom. The standard InChI is InChI=1S/C29H29N5O4/c1-20-5-6-21(2)34(20)23-9-11-25(12-10-23)37-19-26-13-14-27(38-26)29(35)32-31-18-22-7-8-24(33(3)4)17-28(22)36-16-15-30/h5-14,17-18H,16,19H2,1-4H3,(H,32,35)/b31-18+. The molecule has 9 nitrogen and oxygen atoms in total. The molecule has 0 fully saturated rings. The van der Waals surface area contributed by atoms with Crippen LogP contribution in [0.1, 0.15) is 33.3 Å². The predicted molar refractivity (Wildman–Crippen MR) is 145 cm³/mol. The van der Waals surface area contributed by atoms with E-state index in [1.807, 2.05) is 55.4 Å². The molecule has 0 saturated heterocycles. The van der Waals surface area contributed by atoms with Gasteiger partial charge in [0.1, 0.15) is 29.9 Å². The van der Waals surface area contributed by atoms with E-state index in [0.717, 1.165) is 22.8 Å². The largest absolute Gasteiger partial charge is 0.486 e. The Kier molecular flexibility index (Phi) is 8.14. The number of nitriles is 1. The number of nitrogens with zero attached hydrogens (tertiary/aromatic N) is 4. The van der Waals surface area contributed by atoms with E-state index in [4.69, 9.17) is 19.2 Å². The van der Waals surface area contributed by atoms with Gasteiger partial charge in [0.2, 0.25) is 0 Å². The minimum absolute atomic E-state index is 0.0993. The fourth-order valence-corrected chi connectivity index (χ4v) is 3.86. The number of aromatic nitrogens is 1. The zero-order valence-corrected chi connectivity index (χ0v) is 21.8. The van der Waals surface area contributed by atoms with Crippen LogP contribution in [-0.2, 0) is 6.61 Å². The molecule has 0 unspecified atom stereocenters. The molecule has 194 valence electrons. The van der Waals surface area contributed by atoms with Gasteiger partial charge in [0.15, 0.2) is 12.4 Å². The highest BCUT2D eigenvalue weighted by Gasteiger charge is 2.12. The molecule has 1 N–H and O–H groups in total. The Bertz CT molecular complexity index is 1460. The highest BCUT2D eigenvalue weighted by Crippen LogP contribution is 2.24. The van der Waals surface area contributed by atoms with E-state index in [1.165, 1.54) is 6.21 Å². The first kappa shape index (κ1) is 26.1. The molecular formula is C29H29N5O4. The van der Waals surface area contributed by atoms with Gasteiger partial charge in [-0.1, -0.05) is 0 Å². The maximum atomic E-state index is 12.5. The molecule has 4 aromatic rings. The molecule has 38 heavy (non-hydrogen) atoms. The molecule has 0 bridgehead atoms. The smallest absolute Gasteiger partial charge is 0.307 e. The van der Waals surface area contributed by atoms with Crippen molar-refractivity contribution < 1.29 is 18.7 Å². The van der Waals surface area contributed by atoms with Crippen LogP contribution in [0.15, 0.2) is 76.2 Å². The van der Waals surface area contributed by atoms with Crippen LogP contribution >= 0.6 is 0 Å². The second-order valence-electron chi connectivity index (χ2n) is 8.76. The summed E-state index contributed by atoms with van der Waals surface area (Å²) in [4.78, 5) is 14.4. The van der Waals surface area contributed by atoms with Crippen molar-refractivity contribution in [2.24, 2.45) is 5.10 Å². The molecule has 9 heteroatoms. The monoisotopic (exact) mass is 511 g/mol. The van der Waals surface area contributed by atoms with E-state index in [9.17, 15) is 4.79 Å². The number of hydrogen-bond donors (Lipinski definition) is 1. The lowest BCUT2D eigenvalue weighted by atomic mass is 10.2. The highest BCUT2D eigenvalue weighted by molar-refractivity contribution is 5.93. The number of aryl methyl sites for hydroxylation is 2. The summed E-state index contributed by atoms with van der Waals surface area (Å²) in [5, 5.41) is 12.9. The number of benzene rings is 2. The first-order valence-electron chi connectivity index (χ1n) is 12.0. The van der Waals surface area contributed by atoms with Gasteiger partial charge in [-0.3, -0.25) is 4.79 Å². The first-order valence-corrected chi connectivity index (χ1v) is 12.0. The van der Waals surface area contributed by atoms with Crippen molar-refractivity contribution in [3.05, 3.63) is 95.2 Å². The summed E-state index contributed by atoms with van der Waals surface area (Å²) in [7, 11) is 3.81. The molecule has 0 aliphatic carbocycles. The Hall–Kier alpha value is -4.97. The lowest BCUT2D eigenvalue weighted by Crippen LogP contribution is -2.17. The SMILES string of the molecule is Cc1ccc(C)n1-c1ccc(OCc2ccc(C(=O)N/N=C/c3ccc(N(C)C)cc3OCC#N)o2)cc1. The number of carbonyl (C=O) groups is 1. The number of rotatable bonds is 10. The fourth-order valence-electron chi connectivity index (χ4n) is 3.86. The van der Waals surface area contributed by atoms with E-state index in [2.05, 4.69) is 41.1 Å². The van der Waals surface area contributed by atoms with Crippen molar-refractivity contribution in [3.63, 3.8) is 0 Å². The maximum Gasteiger partial charge on any atom is 0.307 e. The van der Waals surface area contributed by atoms with E-state index >= 15 is 0 Å². The molecule has 1 amide bonds. The van der Waals surface area contributed by atoms with Crippen molar-refractivity contribution in [1.82, 2.24) is 9.99 Å². The Labute approximate surface area is 221 Å². The van der Waals surface area contributed by atoms with Gasteiger partial charge in [-0.2, -0.15) is 10.4 Å². The van der Waals surface area contributed by atoms with Crippen LogP contribution < -0.4 is 19.8 Å². The third-order valence-corrected chi connectivity index (χ3v) is 5.81. The average Bonchev–Trinajstić information content (AvgIpc) is 3.53. The van der Waals surface area contributed by atoms with Gasteiger partial charge in [0, 0.05) is 48.5 Å². The topological polar surface area (TPSA) is 105 Å². The second kappa shape index (κ2) is 11.8. The lowest BCUT2D eigenvalue weighted by Gasteiger charge is -2.15. The van der Waals surface area contributed by atoms with E-state index < -0.39 is 5.91 Å². The average molecular weight is 512 g/mol. The summed E-state index contributed by atoms with van der Waals surface area (Å²) in [5.74, 6) is 1.29. The summed E-state index contributed by atoms with van der Waals surface area (Å²) < 4.78 is 19.1. The van der Waals surface area contributed by atoms with Crippen LogP contribution in [0.25, 0.3) is 5.69 Å². The fraction of sp³-hybridized carbons (Fsp3) is 0.207. The quantitative estimate of drug-likeness (QED) is 0.237. The zero-order chi connectivity index (χ0) is 27.1. The highest BCUT2D eigenvalue weighted by atomic mass is 16.5. The molecular weight excluding hydrogens is 482 g/mol. The number of nitrogens with one attached hydrogen (secondary N) is 1. The maximum absolute atomic E-state index is 12.5. The molecule has 0 saturated carbocycles. The minimum Gasteiger partial charge on any atom is -0.486 e. The van der Waals surface area contributed by atoms with Gasteiger partial charge in [-0.05, 0) is 74.5 Å². The Morgan fingerprint density at radius 3 is 2.47 bits per heavy atom. The molecule has 0 spiro atoms. The number of anilines is 1. The Balaban J connectivity index is 1.33. The van der Waals surface area contributed by atoms with Crippen LogP contribution in [0.3, 0.4) is 0 Å². The molecule has 2 aromatic heterocycles. The third kappa shape index (κ3) is 6.23. The van der Waals surface area contributed by atoms with E-state index in [1.54, 1.807) is 24.3 Å². The van der Waals surface area contributed by atoms with Crippen molar-refractivity contribution >= 4 is 17.8 Å². The molecule has 0 aliphatic rings. The van der Waals surface area contributed by atoms with Crippen molar-refractivity contribution in [1.29, 1.82) is 5.26 Å². The number of amides is 1. The molecule has 2 aromatic carbocycles. The van der Waals surface area contributed by atoms with Gasteiger partial charge >= 0.3 is 5.91 Å². The second-order valence-corrected chi connectivity index (χ2v) is 8.76. The Morgan fingerprint density at radius 2 is 1.79 bits per heavy atom. The molecule has 0 radical (unpaired) electrons. The van der Waals surface area contributed by atoms with Crippen LogP contribution in [0.5, 0.6) is 11.5 Å². The lowest BCUT2D eigenvalue weighted by molar-refractivity contribution is 0.0923. The predicted octanol–water partition coefficient (Wildman–Crippen LogP) is 5.00. The third-order valence-electron chi connectivity index (χ3n) is 5.81. The minimum atomic E-state index is -0.501. The number of hydrogen-bond acceptors (Lipinski definition) is 7. The van der Waals surface area contributed by atoms with Crippen LogP contribution in [0, 0.1) is 25.2 Å². The number of ether oxygens (including phenoxy) is 2. The summed E-state index contributed by atoms with van der Waals surface area (Å²) in [5.41, 5.74) is 7.36. The molecule has 2 heterocycles. The van der Waals surface area contributed by atoms with Crippen molar-refractivity contribution in [2.45, 2.75) is 20.5 Å². The number of hydrazone groups is 1. The van der Waals surface area contributed by atoms with Crippen LogP contribution in [0.4, 0.5) is 5.69 Å². The van der Waals surface area contributed by atoms with E-state index in [0.29, 0.717) is 22.8 Å². The first-order chi connectivity index (χ1) is 18.4. The molecule has 0 atom stereocenters. The van der Waals surface area contributed by atoms with Crippen molar-refractivity contribution in [2.75, 3.05) is 25.6 Å². The summed E-state index contributed by atoms with van der Waals surface area (Å²) >= 11 is 0. The van der Waals surface area contributed by atoms with Gasteiger partial charge in [0.25, 0.3) is 0 Å². The van der Waals surface area contributed by atoms with Gasteiger partial charge in [-0.15, -0.1) is 0 Å². The number of furan rings is 1. The summed E-state index contributed by atoms with van der Waals surface area (Å²) in [6.45, 7) is 4.21. The molecule has 0 aliphatic heterocycles.